The number of hydrogen-bond donors (Lipinski definition) is 0. The Morgan fingerprint density at radius 1 is 1.27 bits per heavy atom. The minimum Gasteiger partial charge on any atom is -0.492 e. The lowest BCUT2D eigenvalue weighted by atomic mass is 10.2. The van der Waals surface area contributed by atoms with Gasteiger partial charge in [-0.2, -0.15) is 13.2 Å². The normalized spacial score (nSPS) is 13.3. The molecule has 1 aromatic carbocycles. The van der Waals surface area contributed by atoms with Crippen LogP contribution in [0, 0.1) is 5.92 Å². The highest BCUT2D eigenvalue weighted by Gasteiger charge is 2.40. The molecule has 0 amide bonds. The van der Waals surface area contributed by atoms with Gasteiger partial charge in [-0.3, -0.25) is 0 Å². The molecule has 1 atom stereocenters. The van der Waals surface area contributed by atoms with Crippen molar-refractivity contribution < 1.29 is 22.7 Å². The Morgan fingerprint density at radius 2 is 1.87 bits per heavy atom. The highest BCUT2D eigenvalue weighted by Crippen LogP contribution is 2.25. The summed E-state index contributed by atoms with van der Waals surface area (Å²) in [6, 6.07) is 8.04. The van der Waals surface area contributed by atoms with Crippen molar-refractivity contribution in [2.24, 2.45) is 5.92 Å². The van der Waals surface area contributed by atoms with E-state index in [9.17, 15) is 18.0 Å². The summed E-state index contributed by atoms with van der Waals surface area (Å²) in [6.07, 6.45) is -4.69. The van der Waals surface area contributed by atoms with Crippen molar-refractivity contribution in [1.29, 1.82) is 0 Å². The monoisotopic (exact) mass is 218 g/mol. The lowest BCUT2D eigenvalue weighted by molar-refractivity contribution is -0.179. The number of carbonyl (C=O) groups excluding carboxylic acids is 1. The third kappa shape index (κ3) is 3.61. The topological polar surface area (TPSA) is 26.3 Å². The van der Waals surface area contributed by atoms with Crippen LogP contribution in [0.5, 0.6) is 5.75 Å². The Morgan fingerprint density at radius 3 is 2.33 bits per heavy atom. The summed E-state index contributed by atoms with van der Waals surface area (Å²) in [5, 5.41) is 0. The number of aldehydes is 1. The maximum Gasteiger partial charge on any atom is 0.401 e. The van der Waals surface area contributed by atoms with E-state index in [0.29, 0.717) is 5.75 Å². The third-order valence-electron chi connectivity index (χ3n) is 1.76. The van der Waals surface area contributed by atoms with Crippen LogP contribution in [0.4, 0.5) is 13.2 Å². The fourth-order valence-corrected chi connectivity index (χ4v) is 0.914. The molecule has 15 heavy (non-hydrogen) atoms. The molecule has 0 radical (unpaired) electrons. The lowest BCUT2D eigenvalue weighted by Gasteiger charge is -2.14. The summed E-state index contributed by atoms with van der Waals surface area (Å²) < 4.78 is 41.2. The van der Waals surface area contributed by atoms with Crippen molar-refractivity contribution in [2.75, 3.05) is 6.61 Å². The van der Waals surface area contributed by atoms with Gasteiger partial charge in [0, 0.05) is 0 Å². The second-order valence-electron chi connectivity index (χ2n) is 2.91. The van der Waals surface area contributed by atoms with Gasteiger partial charge in [-0.25, -0.2) is 0 Å². The highest BCUT2D eigenvalue weighted by atomic mass is 19.4. The van der Waals surface area contributed by atoms with Gasteiger partial charge in [-0.15, -0.1) is 0 Å². The first-order valence-corrected chi connectivity index (χ1v) is 4.24. The van der Waals surface area contributed by atoms with Crippen molar-refractivity contribution in [2.45, 2.75) is 6.18 Å². The Bertz CT molecular complexity index is 308. The number of para-hydroxylation sites is 1. The molecule has 1 unspecified atom stereocenters. The van der Waals surface area contributed by atoms with Gasteiger partial charge < -0.3 is 9.53 Å². The number of carbonyl (C=O) groups is 1. The average Bonchev–Trinajstić information content (AvgIpc) is 2.18. The molecule has 5 heteroatoms. The molecule has 0 aliphatic rings. The van der Waals surface area contributed by atoms with Crippen LogP contribution < -0.4 is 4.74 Å². The van der Waals surface area contributed by atoms with Gasteiger partial charge in [-0.05, 0) is 12.1 Å². The van der Waals surface area contributed by atoms with Crippen LogP contribution in [0.15, 0.2) is 30.3 Å². The zero-order valence-corrected chi connectivity index (χ0v) is 7.70. The molecule has 1 rings (SSSR count). The molecule has 0 fully saturated rings. The van der Waals surface area contributed by atoms with E-state index >= 15 is 0 Å². The predicted molar refractivity (Wildman–Crippen MR) is 47.5 cm³/mol. The lowest BCUT2D eigenvalue weighted by Crippen LogP contribution is -2.29. The van der Waals surface area contributed by atoms with Crippen LogP contribution in [0.1, 0.15) is 0 Å². The van der Waals surface area contributed by atoms with Gasteiger partial charge in [-0.1, -0.05) is 18.2 Å². The van der Waals surface area contributed by atoms with Gasteiger partial charge in [0.1, 0.15) is 24.6 Å². The van der Waals surface area contributed by atoms with Crippen LogP contribution in [0.25, 0.3) is 0 Å². The molecular weight excluding hydrogens is 209 g/mol. The van der Waals surface area contributed by atoms with E-state index in [0.717, 1.165) is 0 Å². The first-order valence-electron chi connectivity index (χ1n) is 4.24. The number of alkyl halides is 3. The van der Waals surface area contributed by atoms with Crippen molar-refractivity contribution >= 4 is 6.29 Å². The van der Waals surface area contributed by atoms with Gasteiger partial charge in [0.05, 0.1) is 0 Å². The van der Waals surface area contributed by atoms with E-state index in [2.05, 4.69) is 0 Å². The maximum absolute atomic E-state index is 12.1. The summed E-state index contributed by atoms with van der Waals surface area (Å²) in [6.45, 7) is -0.684. The minimum atomic E-state index is -4.55. The smallest absolute Gasteiger partial charge is 0.401 e. The number of ether oxygens (including phenoxy) is 1. The van der Waals surface area contributed by atoms with Crippen LogP contribution >= 0.6 is 0 Å². The molecule has 0 aliphatic heterocycles. The summed E-state index contributed by atoms with van der Waals surface area (Å²) in [7, 11) is 0. The van der Waals surface area contributed by atoms with E-state index in [1.54, 1.807) is 18.2 Å². The SMILES string of the molecule is O=CC(COc1ccccc1)C(F)(F)F. The van der Waals surface area contributed by atoms with E-state index in [-0.39, 0.29) is 6.29 Å². The van der Waals surface area contributed by atoms with Crippen LogP contribution in [0.2, 0.25) is 0 Å². The molecule has 0 saturated carbocycles. The van der Waals surface area contributed by atoms with Crippen LogP contribution in [-0.2, 0) is 4.79 Å². The molecular formula is C10H9F3O2. The molecule has 0 N–H and O–H groups in total. The Hall–Kier alpha value is -1.52. The maximum atomic E-state index is 12.1. The highest BCUT2D eigenvalue weighted by molar-refractivity contribution is 5.55. The summed E-state index contributed by atoms with van der Waals surface area (Å²) in [5.74, 6) is -1.76. The second-order valence-corrected chi connectivity index (χ2v) is 2.91. The van der Waals surface area contributed by atoms with Crippen molar-refractivity contribution in [1.82, 2.24) is 0 Å². The number of hydrogen-bond acceptors (Lipinski definition) is 2. The average molecular weight is 218 g/mol. The molecule has 0 aromatic heterocycles. The molecule has 0 spiro atoms. The van der Waals surface area contributed by atoms with Gasteiger partial charge in [0.25, 0.3) is 0 Å². The Labute approximate surface area is 84.7 Å². The second kappa shape index (κ2) is 4.82. The zero-order chi connectivity index (χ0) is 11.3. The Balaban J connectivity index is 2.52. The van der Waals surface area contributed by atoms with E-state index in [4.69, 9.17) is 4.74 Å². The standard InChI is InChI=1S/C10H9F3O2/c11-10(12,13)8(6-14)7-15-9-4-2-1-3-5-9/h1-6,8H,7H2. The van der Waals surface area contributed by atoms with Crippen molar-refractivity contribution in [3.8, 4) is 5.75 Å². The van der Waals surface area contributed by atoms with Crippen LogP contribution in [0.3, 0.4) is 0 Å². The van der Waals surface area contributed by atoms with E-state index < -0.39 is 18.7 Å². The molecule has 1 aromatic rings. The summed E-state index contributed by atoms with van der Waals surface area (Å²) in [4.78, 5) is 10.2. The number of rotatable bonds is 4. The number of benzene rings is 1. The van der Waals surface area contributed by atoms with Gasteiger partial charge >= 0.3 is 6.18 Å². The minimum absolute atomic E-state index is 0.150. The van der Waals surface area contributed by atoms with E-state index in [1.165, 1.54) is 12.1 Å². The molecule has 82 valence electrons. The quantitative estimate of drug-likeness (QED) is 0.725. The first-order chi connectivity index (χ1) is 7.04. The largest absolute Gasteiger partial charge is 0.492 e. The summed E-state index contributed by atoms with van der Waals surface area (Å²) in [5.41, 5.74) is 0. The molecule has 0 saturated heterocycles. The van der Waals surface area contributed by atoms with Crippen LogP contribution in [-0.4, -0.2) is 19.1 Å². The van der Waals surface area contributed by atoms with E-state index in [1.807, 2.05) is 0 Å². The molecule has 0 bridgehead atoms. The predicted octanol–water partition coefficient (Wildman–Crippen LogP) is 2.44. The van der Waals surface area contributed by atoms with Crippen molar-refractivity contribution in [3.05, 3.63) is 30.3 Å². The fourth-order valence-electron chi connectivity index (χ4n) is 0.914. The van der Waals surface area contributed by atoms with Crippen molar-refractivity contribution in [3.63, 3.8) is 0 Å². The molecule has 2 nitrogen and oxygen atoms in total. The number of halogens is 3. The molecule has 0 aliphatic carbocycles. The van der Waals surface area contributed by atoms with Gasteiger partial charge in [0.2, 0.25) is 0 Å². The third-order valence-corrected chi connectivity index (χ3v) is 1.76. The Kier molecular flexibility index (Phi) is 3.71. The fraction of sp³-hybridized carbons (Fsp3) is 0.300. The van der Waals surface area contributed by atoms with Gasteiger partial charge in [0.15, 0.2) is 0 Å². The first kappa shape index (κ1) is 11.6. The summed E-state index contributed by atoms with van der Waals surface area (Å²) >= 11 is 0. The zero-order valence-electron chi connectivity index (χ0n) is 7.70. The molecule has 0 heterocycles.